The van der Waals surface area contributed by atoms with Gasteiger partial charge in [-0.2, -0.15) is 0 Å². The van der Waals surface area contributed by atoms with Crippen molar-refractivity contribution in [3.63, 3.8) is 0 Å². The van der Waals surface area contributed by atoms with E-state index in [1.165, 1.54) is 0 Å². The molecule has 1 atom stereocenters. The van der Waals surface area contributed by atoms with Gasteiger partial charge in [-0.1, -0.05) is 24.6 Å². The van der Waals surface area contributed by atoms with E-state index in [1.54, 1.807) is 12.1 Å². The monoisotopic (exact) mass is 365 g/mol. The molecule has 1 rings (SSSR count). The van der Waals surface area contributed by atoms with Crippen LogP contribution in [0.1, 0.15) is 45.7 Å². The van der Waals surface area contributed by atoms with Crippen molar-refractivity contribution in [2.75, 3.05) is 13.2 Å². The second-order valence-electron chi connectivity index (χ2n) is 5.19. The molecule has 0 saturated heterocycles. The molecule has 1 unspecified atom stereocenters. The Bertz CT molecular complexity index is 454. The SMILES string of the molecule is CCCNC(c1ccc(Br)c(Cl)c1F)C(C)(C)OCC. The normalized spacial score (nSPS) is 13.6. The van der Waals surface area contributed by atoms with Crippen LogP contribution >= 0.6 is 27.5 Å². The molecule has 0 amide bonds. The van der Waals surface area contributed by atoms with Gasteiger partial charge in [-0.15, -0.1) is 0 Å². The molecule has 0 radical (unpaired) electrons. The van der Waals surface area contributed by atoms with Crippen molar-refractivity contribution < 1.29 is 9.13 Å². The summed E-state index contributed by atoms with van der Waals surface area (Å²) in [4.78, 5) is 0. The van der Waals surface area contributed by atoms with Crippen LogP contribution in [0.15, 0.2) is 16.6 Å². The van der Waals surface area contributed by atoms with Gasteiger partial charge in [-0.25, -0.2) is 4.39 Å². The first-order valence-electron chi connectivity index (χ1n) is 6.85. The molecule has 1 aromatic carbocycles. The molecule has 20 heavy (non-hydrogen) atoms. The zero-order chi connectivity index (χ0) is 15.3. The Morgan fingerprint density at radius 2 is 2.05 bits per heavy atom. The van der Waals surface area contributed by atoms with Crippen molar-refractivity contribution in [1.29, 1.82) is 0 Å². The maximum Gasteiger partial charge on any atom is 0.147 e. The van der Waals surface area contributed by atoms with E-state index in [0.717, 1.165) is 13.0 Å². The van der Waals surface area contributed by atoms with E-state index in [0.29, 0.717) is 16.6 Å². The van der Waals surface area contributed by atoms with Gasteiger partial charge in [0.2, 0.25) is 0 Å². The summed E-state index contributed by atoms with van der Waals surface area (Å²) in [5.74, 6) is -0.401. The molecule has 0 spiro atoms. The molecular weight excluding hydrogens is 345 g/mol. The zero-order valence-electron chi connectivity index (χ0n) is 12.4. The van der Waals surface area contributed by atoms with Crippen LogP contribution in [0.3, 0.4) is 0 Å². The summed E-state index contributed by atoms with van der Waals surface area (Å²) in [5, 5.41) is 3.47. The summed E-state index contributed by atoms with van der Waals surface area (Å²) in [5.41, 5.74) is 0.00663. The van der Waals surface area contributed by atoms with Crippen LogP contribution in [0.5, 0.6) is 0 Å². The lowest BCUT2D eigenvalue weighted by Crippen LogP contribution is -2.42. The number of halogens is 3. The number of rotatable bonds is 7. The molecule has 2 nitrogen and oxygen atoms in total. The molecule has 0 bridgehead atoms. The second kappa shape index (κ2) is 7.74. The average molecular weight is 367 g/mol. The standard InChI is InChI=1S/C15H22BrClFNO/c1-5-9-19-14(15(3,4)20-6-2)10-7-8-11(16)12(17)13(10)18/h7-8,14,19H,5-6,9H2,1-4H3. The molecule has 0 saturated carbocycles. The summed E-state index contributed by atoms with van der Waals surface area (Å²) in [7, 11) is 0. The summed E-state index contributed by atoms with van der Waals surface area (Å²) >= 11 is 9.24. The van der Waals surface area contributed by atoms with Crippen molar-refractivity contribution in [1.82, 2.24) is 5.32 Å². The molecular formula is C15H22BrClFNO. The van der Waals surface area contributed by atoms with Gasteiger partial charge in [-0.05, 0) is 55.7 Å². The van der Waals surface area contributed by atoms with E-state index in [9.17, 15) is 4.39 Å². The molecule has 0 aliphatic rings. The third-order valence-corrected chi connectivity index (χ3v) is 4.44. The van der Waals surface area contributed by atoms with Gasteiger partial charge in [0, 0.05) is 16.6 Å². The van der Waals surface area contributed by atoms with Crippen LogP contribution in [0.2, 0.25) is 5.02 Å². The Morgan fingerprint density at radius 1 is 1.40 bits per heavy atom. The van der Waals surface area contributed by atoms with Gasteiger partial charge in [-0.3, -0.25) is 0 Å². The highest BCUT2D eigenvalue weighted by molar-refractivity contribution is 9.10. The van der Waals surface area contributed by atoms with Gasteiger partial charge >= 0.3 is 0 Å². The van der Waals surface area contributed by atoms with Crippen molar-refractivity contribution in [3.8, 4) is 0 Å². The van der Waals surface area contributed by atoms with Crippen molar-refractivity contribution in [3.05, 3.63) is 33.0 Å². The first kappa shape index (κ1) is 17.9. The fraction of sp³-hybridized carbons (Fsp3) is 0.600. The number of ether oxygens (including phenoxy) is 1. The minimum absolute atomic E-state index is 0.109. The highest BCUT2D eigenvalue weighted by Crippen LogP contribution is 2.35. The van der Waals surface area contributed by atoms with Gasteiger partial charge in [0.25, 0.3) is 0 Å². The maximum absolute atomic E-state index is 14.5. The lowest BCUT2D eigenvalue weighted by atomic mass is 9.91. The lowest BCUT2D eigenvalue weighted by molar-refractivity contribution is -0.0399. The molecule has 114 valence electrons. The van der Waals surface area contributed by atoms with E-state index in [4.69, 9.17) is 16.3 Å². The van der Waals surface area contributed by atoms with E-state index in [1.807, 2.05) is 20.8 Å². The van der Waals surface area contributed by atoms with Crippen molar-refractivity contribution in [2.45, 2.75) is 45.8 Å². The maximum atomic E-state index is 14.5. The molecule has 1 N–H and O–H groups in total. The Labute approximate surface area is 134 Å². The fourth-order valence-electron chi connectivity index (χ4n) is 2.24. The topological polar surface area (TPSA) is 21.3 Å². The predicted octanol–water partition coefficient (Wildman–Crippen LogP) is 5.10. The van der Waals surface area contributed by atoms with Crippen LogP contribution in [0.25, 0.3) is 0 Å². The summed E-state index contributed by atoms with van der Waals surface area (Å²) in [6, 6.07) is 3.26. The van der Waals surface area contributed by atoms with E-state index in [-0.39, 0.29) is 11.1 Å². The van der Waals surface area contributed by atoms with E-state index >= 15 is 0 Å². The number of nitrogens with one attached hydrogen (secondary N) is 1. The first-order chi connectivity index (χ1) is 9.35. The van der Waals surface area contributed by atoms with Crippen LogP contribution in [-0.4, -0.2) is 18.8 Å². The van der Waals surface area contributed by atoms with Crippen LogP contribution in [0.4, 0.5) is 4.39 Å². The van der Waals surface area contributed by atoms with Gasteiger partial charge in [0.05, 0.1) is 16.7 Å². The molecule has 0 aromatic heterocycles. The number of hydrogen-bond donors (Lipinski definition) is 1. The minimum Gasteiger partial charge on any atom is -0.374 e. The third-order valence-electron chi connectivity index (χ3n) is 3.19. The quantitative estimate of drug-likeness (QED) is 0.678. The predicted molar refractivity (Wildman–Crippen MR) is 85.8 cm³/mol. The Balaban J connectivity index is 3.20. The minimum atomic E-state index is -0.526. The molecule has 1 aromatic rings. The average Bonchev–Trinajstić information content (AvgIpc) is 2.38. The highest BCUT2D eigenvalue weighted by atomic mass is 79.9. The largest absolute Gasteiger partial charge is 0.374 e. The smallest absolute Gasteiger partial charge is 0.147 e. The fourth-order valence-corrected chi connectivity index (χ4v) is 2.72. The Hall–Kier alpha value is -0.160. The van der Waals surface area contributed by atoms with E-state index in [2.05, 4.69) is 28.2 Å². The Morgan fingerprint density at radius 3 is 2.60 bits per heavy atom. The Kier molecular flexibility index (Phi) is 6.92. The lowest BCUT2D eigenvalue weighted by Gasteiger charge is -2.35. The zero-order valence-corrected chi connectivity index (χ0v) is 14.7. The summed E-state index contributed by atoms with van der Waals surface area (Å²) in [6.45, 7) is 9.28. The third kappa shape index (κ3) is 4.17. The van der Waals surface area contributed by atoms with Gasteiger partial charge < -0.3 is 10.1 Å². The van der Waals surface area contributed by atoms with Crippen molar-refractivity contribution >= 4 is 27.5 Å². The van der Waals surface area contributed by atoms with Gasteiger partial charge in [0.1, 0.15) is 5.82 Å². The van der Waals surface area contributed by atoms with Crippen molar-refractivity contribution in [2.24, 2.45) is 0 Å². The highest BCUT2D eigenvalue weighted by Gasteiger charge is 2.33. The molecule has 0 aliphatic heterocycles. The number of hydrogen-bond acceptors (Lipinski definition) is 2. The molecule has 0 aliphatic carbocycles. The molecule has 0 heterocycles. The molecule has 0 fully saturated rings. The van der Waals surface area contributed by atoms with E-state index < -0.39 is 11.4 Å². The summed E-state index contributed by atoms with van der Waals surface area (Å²) < 4.78 is 20.8. The van der Waals surface area contributed by atoms with Crippen LogP contribution < -0.4 is 5.32 Å². The molecule has 5 heteroatoms. The second-order valence-corrected chi connectivity index (χ2v) is 6.42. The summed E-state index contributed by atoms with van der Waals surface area (Å²) in [6.07, 6.45) is 0.963. The van der Waals surface area contributed by atoms with Gasteiger partial charge in [0.15, 0.2) is 0 Å². The van der Waals surface area contributed by atoms with Crippen LogP contribution in [-0.2, 0) is 4.74 Å². The van der Waals surface area contributed by atoms with Crippen LogP contribution in [0, 0.1) is 5.82 Å². The first-order valence-corrected chi connectivity index (χ1v) is 8.03. The number of benzene rings is 1.